The number of ether oxygens (including phenoxy) is 1. The van der Waals surface area contributed by atoms with E-state index in [2.05, 4.69) is 4.98 Å². The Morgan fingerprint density at radius 1 is 1.24 bits per heavy atom. The van der Waals surface area contributed by atoms with Gasteiger partial charge in [-0.25, -0.2) is 9.18 Å². The molecule has 1 aromatic heterocycles. The van der Waals surface area contributed by atoms with E-state index in [9.17, 15) is 9.18 Å². The van der Waals surface area contributed by atoms with Gasteiger partial charge in [0.15, 0.2) is 0 Å². The molecule has 0 unspecified atom stereocenters. The number of carboxylic acid groups (broad SMARTS) is 1. The lowest BCUT2D eigenvalue weighted by molar-refractivity contribution is 0.0691. The number of carboxylic acids is 1. The highest BCUT2D eigenvalue weighted by Crippen LogP contribution is 2.13. The van der Waals surface area contributed by atoms with Crippen LogP contribution in [0.1, 0.15) is 16.2 Å². The maximum Gasteiger partial charge on any atom is 0.352 e. The third-order valence-electron chi connectivity index (χ3n) is 2.18. The van der Waals surface area contributed by atoms with Gasteiger partial charge in [-0.05, 0) is 36.4 Å². The third kappa shape index (κ3) is 2.84. The van der Waals surface area contributed by atoms with Crippen molar-refractivity contribution in [1.82, 2.24) is 4.98 Å². The monoisotopic (exact) mass is 235 g/mol. The van der Waals surface area contributed by atoms with Crippen molar-refractivity contribution in [3.05, 3.63) is 53.6 Å². The molecule has 2 rings (SSSR count). The van der Waals surface area contributed by atoms with Gasteiger partial charge in [0.05, 0.1) is 5.69 Å². The second-order valence-electron chi connectivity index (χ2n) is 3.44. The van der Waals surface area contributed by atoms with Crippen LogP contribution < -0.4 is 4.74 Å². The Hall–Kier alpha value is -2.30. The number of hydrogen-bond donors (Lipinski definition) is 2. The molecule has 0 aliphatic heterocycles. The van der Waals surface area contributed by atoms with E-state index in [1.165, 1.54) is 30.3 Å². The Bertz CT molecular complexity index is 519. The van der Waals surface area contributed by atoms with Crippen LogP contribution in [0.3, 0.4) is 0 Å². The summed E-state index contributed by atoms with van der Waals surface area (Å²) in [7, 11) is 0. The Kier molecular flexibility index (Phi) is 3.09. The predicted octanol–water partition coefficient (Wildman–Crippen LogP) is 2.43. The topological polar surface area (TPSA) is 62.3 Å². The number of hydrogen-bond acceptors (Lipinski definition) is 2. The predicted molar refractivity (Wildman–Crippen MR) is 58.5 cm³/mol. The molecule has 4 nitrogen and oxygen atoms in total. The minimum atomic E-state index is -1.02. The Balaban J connectivity index is 1.97. The standard InChI is InChI=1S/C12H10FNO3/c13-8-1-4-10(5-2-8)17-7-9-3-6-11(14-9)12(15)16/h1-6,14H,7H2,(H,15,16). The fourth-order valence-electron chi connectivity index (χ4n) is 1.34. The van der Waals surface area contributed by atoms with E-state index >= 15 is 0 Å². The van der Waals surface area contributed by atoms with Gasteiger partial charge in [-0.2, -0.15) is 0 Å². The third-order valence-corrected chi connectivity index (χ3v) is 2.18. The molecule has 1 aromatic carbocycles. The minimum absolute atomic E-state index is 0.114. The van der Waals surface area contributed by atoms with Gasteiger partial charge in [0.25, 0.3) is 0 Å². The van der Waals surface area contributed by atoms with Crippen molar-refractivity contribution in [3.8, 4) is 5.75 Å². The molecule has 0 radical (unpaired) electrons. The van der Waals surface area contributed by atoms with Crippen LogP contribution in [0, 0.1) is 5.82 Å². The van der Waals surface area contributed by atoms with Crippen LogP contribution in [0.2, 0.25) is 0 Å². The van der Waals surface area contributed by atoms with Crippen molar-refractivity contribution < 1.29 is 19.0 Å². The number of benzene rings is 1. The summed E-state index contributed by atoms with van der Waals surface area (Å²) in [6.45, 7) is 0.207. The molecule has 2 aromatic rings. The quantitative estimate of drug-likeness (QED) is 0.855. The molecule has 0 fully saturated rings. The van der Waals surface area contributed by atoms with Gasteiger partial charge >= 0.3 is 5.97 Å². The van der Waals surface area contributed by atoms with E-state index in [4.69, 9.17) is 9.84 Å². The number of aromatic carboxylic acids is 1. The lowest BCUT2D eigenvalue weighted by Gasteiger charge is -2.04. The van der Waals surface area contributed by atoms with Crippen LogP contribution in [0.4, 0.5) is 4.39 Å². The average Bonchev–Trinajstić information content (AvgIpc) is 2.77. The molecule has 0 amide bonds. The molecule has 0 aliphatic carbocycles. The first-order valence-corrected chi connectivity index (χ1v) is 4.95. The van der Waals surface area contributed by atoms with Gasteiger partial charge in [-0.1, -0.05) is 0 Å². The van der Waals surface area contributed by atoms with Crippen molar-refractivity contribution in [2.45, 2.75) is 6.61 Å². The van der Waals surface area contributed by atoms with Crippen molar-refractivity contribution >= 4 is 5.97 Å². The fourth-order valence-corrected chi connectivity index (χ4v) is 1.34. The van der Waals surface area contributed by atoms with Crippen LogP contribution in [0.15, 0.2) is 36.4 Å². The SMILES string of the molecule is O=C(O)c1ccc(COc2ccc(F)cc2)[nH]1. The normalized spacial score (nSPS) is 10.2. The fraction of sp³-hybridized carbons (Fsp3) is 0.0833. The molecule has 17 heavy (non-hydrogen) atoms. The van der Waals surface area contributed by atoms with Crippen LogP contribution in [-0.2, 0) is 6.61 Å². The van der Waals surface area contributed by atoms with Crippen LogP contribution in [0.5, 0.6) is 5.75 Å². The first-order chi connectivity index (χ1) is 8.15. The van der Waals surface area contributed by atoms with E-state index in [0.717, 1.165) is 0 Å². The molecule has 88 valence electrons. The molecule has 0 atom stereocenters. The van der Waals surface area contributed by atoms with Crippen LogP contribution >= 0.6 is 0 Å². The molecule has 0 spiro atoms. The first-order valence-electron chi connectivity index (χ1n) is 4.95. The zero-order valence-electron chi connectivity index (χ0n) is 8.81. The molecule has 2 N–H and O–H groups in total. The minimum Gasteiger partial charge on any atom is -0.487 e. The maximum absolute atomic E-state index is 12.6. The number of halogens is 1. The summed E-state index contributed by atoms with van der Waals surface area (Å²) in [6.07, 6.45) is 0. The summed E-state index contributed by atoms with van der Waals surface area (Å²) in [5.74, 6) is -0.818. The first kappa shape index (κ1) is 11.2. The summed E-state index contributed by atoms with van der Waals surface area (Å²) >= 11 is 0. The highest BCUT2D eigenvalue weighted by atomic mass is 19.1. The average molecular weight is 235 g/mol. The van der Waals surface area contributed by atoms with Crippen molar-refractivity contribution in [2.24, 2.45) is 0 Å². The Labute approximate surface area is 96.7 Å². The number of nitrogens with one attached hydrogen (secondary N) is 1. The molecule has 5 heteroatoms. The number of H-pyrrole nitrogens is 1. The number of aromatic nitrogens is 1. The molecule has 0 saturated heterocycles. The zero-order valence-corrected chi connectivity index (χ0v) is 8.81. The molecular weight excluding hydrogens is 225 g/mol. The zero-order chi connectivity index (χ0) is 12.3. The second kappa shape index (κ2) is 4.69. The largest absolute Gasteiger partial charge is 0.487 e. The van der Waals surface area contributed by atoms with Gasteiger partial charge in [-0.15, -0.1) is 0 Å². The lowest BCUT2D eigenvalue weighted by Crippen LogP contribution is -1.99. The van der Waals surface area contributed by atoms with E-state index in [0.29, 0.717) is 11.4 Å². The van der Waals surface area contributed by atoms with Gasteiger partial charge in [0, 0.05) is 0 Å². The molecule has 0 aliphatic rings. The summed E-state index contributed by atoms with van der Waals surface area (Å²) in [5, 5.41) is 8.70. The maximum atomic E-state index is 12.6. The number of carbonyl (C=O) groups is 1. The van der Waals surface area contributed by atoms with E-state index < -0.39 is 5.97 Å². The molecule has 0 saturated carbocycles. The van der Waals surface area contributed by atoms with Crippen molar-refractivity contribution in [3.63, 3.8) is 0 Å². The van der Waals surface area contributed by atoms with Crippen molar-refractivity contribution in [2.75, 3.05) is 0 Å². The lowest BCUT2D eigenvalue weighted by atomic mass is 10.3. The van der Waals surface area contributed by atoms with E-state index in [-0.39, 0.29) is 18.1 Å². The van der Waals surface area contributed by atoms with Gasteiger partial charge < -0.3 is 14.8 Å². The highest BCUT2D eigenvalue weighted by molar-refractivity contribution is 5.85. The smallest absolute Gasteiger partial charge is 0.352 e. The second-order valence-corrected chi connectivity index (χ2v) is 3.44. The summed E-state index contributed by atoms with van der Waals surface area (Å²) in [4.78, 5) is 13.3. The van der Waals surface area contributed by atoms with Gasteiger partial charge in [0.2, 0.25) is 0 Å². The number of rotatable bonds is 4. The summed E-state index contributed by atoms with van der Waals surface area (Å²) in [6, 6.07) is 8.71. The Morgan fingerprint density at radius 3 is 2.53 bits per heavy atom. The highest BCUT2D eigenvalue weighted by Gasteiger charge is 2.05. The van der Waals surface area contributed by atoms with Crippen LogP contribution in [0.25, 0.3) is 0 Å². The van der Waals surface area contributed by atoms with Crippen LogP contribution in [-0.4, -0.2) is 16.1 Å². The Morgan fingerprint density at radius 2 is 1.94 bits per heavy atom. The van der Waals surface area contributed by atoms with E-state index in [1.807, 2.05) is 0 Å². The summed E-state index contributed by atoms with van der Waals surface area (Å²) in [5.41, 5.74) is 0.759. The van der Waals surface area contributed by atoms with E-state index in [1.54, 1.807) is 6.07 Å². The van der Waals surface area contributed by atoms with Crippen molar-refractivity contribution in [1.29, 1.82) is 0 Å². The number of aromatic amines is 1. The molecule has 1 heterocycles. The van der Waals surface area contributed by atoms with Gasteiger partial charge in [-0.3, -0.25) is 0 Å². The molecular formula is C12H10FNO3. The molecule has 0 bridgehead atoms. The summed E-state index contributed by atoms with van der Waals surface area (Å²) < 4.78 is 18.0. The van der Waals surface area contributed by atoms with Gasteiger partial charge in [0.1, 0.15) is 23.9 Å².